The Bertz CT molecular complexity index is 898. The fourth-order valence-electron chi connectivity index (χ4n) is 2.52. The molecule has 0 saturated carbocycles. The summed E-state index contributed by atoms with van der Waals surface area (Å²) in [5.41, 5.74) is 0.406. The van der Waals surface area contributed by atoms with Gasteiger partial charge in [-0.1, -0.05) is 18.2 Å². The van der Waals surface area contributed by atoms with Crippen molar-refractivity contribution in [1.82, 2.24) is 14.9 Å². The Kier molecular flexibility index (Phi) is 10.0. The summed E-state index contributed by atoms with van der Waals surface area (Å²) < 4.78 is 26.2. The topological polar surface area (TPSA) is 94.0 Å². The van der Waals surface area contributed by atoms with Gasteiger partial charge in [0.1, 0.15) is 5.60 Å². The molecule has 7 nitrogen and oxygen atoms in total. The van der Waals surface area contributed by atoms with Crippen LogP contribution in [0.2, 0.25) is 0 Å². The average Bonchev–Trinajstić information content (AvgIpc) is 3.20. The standard InChI is InChI=1S/C19H28N4O3S2.HI/c1-5-20-18(22-14-19(2,24)16-10-11-27-13-16)21-12-15-8-6-7-9-17(15)28(25,26)23(3)4;/h6-11,13,24H,5,12,14H2,1-4H3,(H2,20,21,22);1H. The van der Waals surface area contributed by atoms with E-state index in [4.69, 9.17) is 0 Å². The second-order valence-electron chi connectivity index (χ2n) is 6.73. The van der Waals surface area contributed by atoms with E-state index in [1.54, 1.807) is 31.2 Å². The van der Waals surface area contributed by atoms with Crippen LogP contribution in [0, 0.1) is 0 Å². The normalized spacial score (nSPS) is 14.2. The summed E-state index contributed by atoms with van der Waals surface area (Å²) in [6, 6.07) is 8.72. The maximum atomic E-state index is 12.5. The van der Waals surface area contributed by atoms with Crippen LogP contribution in [-0.4, -0.2) is 51.0 Å². The Morgan fingerprint density at radius 1 is 1.24 bits per heavy atom. The van der Waals surface area contributed by atoms with Crippen LogP contribution >= 0.6 is 35.3 Å². The highest BCUT2D eigenvalue weighted by Crippen LogP contribution is 2.22. The first-order valence-corrected chi connectivity index (χ1v) is 11.3. The maximum Gasteiger partial charge on any atom is 0.242 e. The van der Waals surface area contributed by atoms with Crippen LogP contribution < -0.4 is 10.6 Å². The lowest BCUT2D eigenvalue weighted by molar-refractivity contribution is 0.0621. The number of aliphatic hydroxyl groups is 1. The summed E-state index contributed by atoms with van der Waals surface area (Å²) >= 11 is 1.53. The molecule has 162 valence electrons. The molecule has 0 aliphatic carbocycles. The number of rotatable bonds is 8. The molecule has 2 aromatic rings. The molecule has 0 aliphatic rings. The molecule has 0 bridgehead atoms. The van der Waals surface area contributed by atoms with Crippen molar-refractivity contribution in [2.75, 3.05) is 27.2 Å². The summed E-state index contributed by atoms with van der Waals surface area (Å²) in [4.78, 5) is 4.75. The van der Waals surface area contributed by atoms with E-state index in [1.165, 1.54) is 29.7 Å². The molecule has 1 unspecified atom stereocenters. The van der Waals surface area contributed by atoms with Gasteiger partial charge in [0.05, 0.1) is 18.0 Å². The van der Waals surface area contributed by atoms with Crippen LogP contribution in [0.3, 0.4) is 0 Å². The fraction of sp³-hybridized carbons (Fsp3) is 0.421. The molecule has 2 rings (SSSR count). The first kappa shape index (κ1) is 25.8. The van der Waals surface area contributed by atoms with Crippen LogP contribution in [0.4, 0.5) is 0 Å². The van der Waals surface area contributed by atoms with Gasteiger partial charge in [-0.15, -0.1) is 24.0 Å². The quantitative estimate of drug-likeness (QED) is 0.266. The van der Waals surface area contributed by atoms with Gasteiger partial charge in [0.2, 0.25) is 10.0 Å². The molecule has 1 aromatic heterocycles. The molecule has 1 aromatic carbocycles. The summed E-state index contributed by atoms with van der Waals surface area (Å²) in [6.45, 7) is 4.79. The zero-order valence-corrected chi connectivity index (χ0v) is 21.0. The van der Waals surface area contributed by atoms with Crippen molar-refractivity contribution in [3.05, 3.63) is 52.2 Å². The predicted molar refractivity (Wildman–Crippen MR) is 129 cm³/mol. The van der Waals surface area contributed by atoms with Crippen LogP contribution in [0.15, 0.2) is 51.0 Å². The molecule has 1 heterocycles. The van der Waals surface area contributed by atoms with Crippen LogP contribution in [-0.2, 0) is 22.2 Å². The van der Waals surface area contributed by atoms with Crippen LogP contribution in [0.1, 0.15) is 25.0 Å². The van der Waals surface area contributed by atoms with Crippen molar-refractivity contribution in [2.24, 2.45) is 4.99 Å². The third-order valence-corrected chi connectivity index (χ3v) is 6.82. The Hall–Kier alpha value is -1.21. The molecule has 0 radical (unpaired) electrons. The third kappa shape index (κ3) is 6.92. The van der Waals surface area contributed by atoms with Crippen molar-refractivity contribution in [3.8, 4) is 0 Å². The molecule has 3 N–H and O–H groups in total. The molecule has 0 saturated heterocycles. The van der Waals surface area contributed by atoms with Crippen molar-refractivity contribution < 1.29 is 13.5 Å². The van der Waals surface area contributed by atoms with Crippen molar-refractivity contribution in [3.63, 3.8) is 0 Å². The minimum absolute atomic E-state index is 0. The largest absolute Gasteiger partial charge is 0.384 e. The van der Waals surface area contributed by atoms with E-state index in [-0.39, 0.29) is 42.0 Å². The lowest BCUT2D eigenvalue weighted by Gasteiger charge is -2.24. The number of nitrogens with zero attached hydrogens (tertiary/aromatic N) is 2. The van der Waals surface area contributed by atoms with Crippen molar-refractivity contribution >= 4 is 51.3 Å². The highest BCUT2D eigenvalue weighted by atomic mass is 127. The SMILES string of the molecule is CCNC(=NCc1ccccc1S(=O)(=O)N(C)C)NCC(C)(O)c1ccsc1.I. The van der Waals surface area contributed by atoms with E-state index in [0.29, 0.717) is 18.1 Å². The van der Waals surface area contributed by atoms with E-state index >= 15 is 0 Å². The average molecular weight is 553 g/mol. The maximum absolute atomic E-state index is 12.5. The molecule has 29 heavy (non-hydrogen) atoms. The van der Waals surface area contributed by atoms with Crippen LogP contribution in [0.5, 0.6) is 0 Å². The molecular formula is C19H29IN4O3S2. The second kappa shape index (κ2) is 11.3. The lowest BCUT2D eigenvalue weighted by Crippen LogP contribution is -2.44. The summed E-state index contributed by atoms with van der Waals surface area (Å²) in [7, 11) is -0.534. The zero-order valence-electron chi connectivity index (χ0n) is 17.0. The zero-order chi connectivity index (χ0) is 20.8. The minimum atomic E-state index is -3.55. The summed E-state index contributed by atoms with van der Waals surface area (Å²) in [5.74, 6) is 0.509. The number of hydrogen-bond acceptors (Lipinski definition) is 5. The van der Waals surface area contributed by atoms with Gasteiger partial charge >= 0.3 is 0 Å². The lowest BCUT2D eigenvalue weighted by atomic mass is 9.99. The van der Waals surface area contributed by atoms with Gasteiger partial charge in [0, 0.05) is 20.6 Å². The number of halogens is 1. The van der Waals surface area contributed by atoms with Crippen LogP contribution in [0.25, 0.3) is 0 Å². The highest BCUT2D eigenvalue weighted by Gasteiger charge is 2.24. The number of hydrogen-bond donors (Lipinski definition) is 3. The number of benzene rings is 1. The number of sulfonamides is 1. The summed E-state index contributed by atoms with van der Waals surface area (Å²) in [5, 5.41) is 20.8. The molecule has 1 atom stereocenters. The Morgan fingerprint density at radius 2 is 1.93 bits per heavy atom. The fourth-order valence-corrected chi connectivity index (χ4v) is 4.41. The van der Waals surface area contributed by atoms with E-state index in [2.05, 4.69) is 15.6 Å². The van der Waals surface area contributed by atoms with Crippen molar-refractivity contribution in [2.45, 2.75) is 30.9 Å². The molecule has 0 spiro atoms. The molecular weight excluding hydrogens is 523 g/mol. The van der Waals surface area contributed by atoms with Crippen molar-refractivity contribution in [1.29, 1.82) is 0 Å². The Labute approximate surface area is 194 Å². The molecule has 0 fully saturated rings. The molecule has 10 heteroatoms. The van der Waals surface area contributed by atoms with Gasteiger partial charge < -0.3 is 15.7 Å². The highest BCUT2D eigenvalue weighted by molar-refractivity contribution is 14.0. The van der Waals surface area contributed by atoms with Gasteiger partial charge in [-0.05, 0) is 47.9 Å². The Morgan fingerprint density at radius 3 is 2.52 bits per heavy atom. The van der Waals surface area contributed by atoms with E-state index in [1.807, 2.05) is 23.8 Å². The van der Waals surface area contributed by atoms with Gasteiger partial charge in [-0.2, -0.15) is 11.3 Å². The van der Waals surface area contributed by atoms with E-state index < -0.39 is 15.6 Å². The molecule has 0 amide bonds. The van der Waals surface area contributed by atoms with Gasteiger partial charge in [0.15, 0.2) is 5.96 Å². The first-order valence-electron chi connectivity index (χ1n) is 8.96. The van der Waals surface area contributed by atoms with Gasteiger partial charge in [-0.3, -0.25) is 0 Å². The van der Waals surface area contributed by atoms with E-state index in [9.17, 15) is 13.5 Å². The van der Waals surface area contributed by atoms with Gasteiger partial charge in [-0.25, -0.2) is 17.7 Å². The Balaban J connectivity index is 0.00000420. The smallest absolute Gasteiger partial charge is 0.242 e. The predicted octanol–water partition coefficient (Wildman–Crippen LogP) is 2.58. The number of aliphatic imine (C=N–C) groups is 1. The van der Waals surface area contributed by atoms with E-state index in [0.717, 1.165) is 5.56 Å². The monoisotopic (exact) mass is 552 g/mol. The first-order chi connectivity index (χ1) is 13.2. The molecule has 0 aliphatic heterocycles. The number of thiophene rings is 1. The second-order valence-corrected chi connectivity index (χ2v) is 9.63. The number of nitrogens with one attached hydrogen (secondary N) is 2. The van der Waals surface area contributed by atoms with Gasteiger partial charge in [0.25, 0.3) is 0 Å². The number of guanidine groups is 1. The summed E-state index contributed by atoms with van der Waals surface area (Å²) in [6.07, 6.45) is 0. The third-order valence-electron chi connectivity index (χ3n) is 4.23. The minimum Gasteiger partial charge on any atom is -0.384 e.